The zero-order chi connectivity index (χ0) is 8.60. The highest BCUT2D eigenvalue weighted by atomic mass is 19.1. The molecule has 70 valence electrons. The van der Waals surface area contributed by atoms with Crippen molar-refractivity contribution < 1.29 is 4.39 Å². The summed E-state index contributed by atoms with van der Waals surface area (Å²) in [5.41, 5.74) is 0.121. The first-order valence-electron chi connectivity index (χ1n) is 5.10. The number of alkyl halides is 1. The van der Waals surface area contributed by atoms with Gasteiger partial charge in [-0.3, -0.25) is 0 Å². The summed E-state index contributed by atoms with van der Waals surface area (Å²) in [6.45, 7) is 2.77. The van der Waals surface area contributed by atoms with Crippen molar-refractivity contribution >= 4 is 0 Å². The maximum absolute atomic E-state index is 13.0. The van der Waals surface area contributed by atoms with Crippen molar-refractivity contribution in [1.82, 2.24) is 5.32 Å². The predicted octanol–water partition coefficient (Wildman–Crippen LogP) is 2.27. The van der Waals surface area contributed by atoms with Gasteiger partial charge < -0.3 is 5.32 Å². The Morgan fingerprint density at radius 2 is 2.00 bits per heavy atom. The molecule has 1 saturated carbocycles. The van der Waals surface area contributed by atoms with Crippen LogP contribution < -0.4 is 5.32 Å². The van der Waals surface area contributed by atoms with Gasteiger partial charge in [0, 0.05) is 12.1 Å². The molecule has 1 saturated heterocycles. The van der Waals surface area contributed by atoms with Gasteiger partial charge in [-0.25, -0.2) is 4.39 Å². The largest absolute Gasteiger partial charge is 0.308 e. The maximum Gasteiger partial charge on any atom is 0.114 e. The molecular weight excluding hydrogens is 153 g/mol. The van der Waals surface area contributed by atoms with Crippen molar-refractivity contribution in [3.05, 3.63) is 0 Å². The number of nitrogens with one attached hydrogen (secondary N) is 1. The molecule has 2 unspecified atom stereocenters. The highest BCUT2D eigenvalue weighted by molar-refractivity contribution is 4.99. The Hall–Kier alpha value is -0.110. The van der Waals surface area contributed by atoms with Gasteiger partial charge in [0.2, 0.25) is 0 Å². The summed E-state index contributed by atoms with van der Waals surface area (Å²) in [5, 5.41) is 3.35. The molecule has 0 aromatic rings. The first kappa shape index (κ1) is 8.49. The number of hydrogen-bond donors (Lipinski definition) is 1. The second kappa shape index (κ2) is 2.99. The van der Waals surface area contributed by atoms with Crippen LogP contribution in [0.1, 0.15) is 39.0 Å². The smallest absolute Gasteiger partial charge is 0.114 e. The Bertz CT molecular complexity index is 165. The fraction of sp³-hybridized carbons (Fsp3) is 1.00. The molecule has 0 aromatic heterocycles. The molecule has 2 rings (SSSR count). The molecule has 1 aliphatic heterocycles. The van der Waals surface area contributed by atoms with Crippen molar-refractivity contribution in [2.45, 2.75) is 50.7 Å². The standard InChI is InChI=1S/C10H18FN/c1-10(6-9(11)7-12-10)8-4-2-3-5-8/h8-9,12H,2-7H2,1H3. The molecular formula is C10H18FN. The number of rotatable bonds is 1. The molecule has 0 bridgehead atoms. The first-order valence-corrected chi connectivity index (χ1v) is 5.10. The van der Waals surface area contributed by atoms with E-state index in [1.165, 1.54) is 25.7 Å². The van der Waals surface area contributed by atoms with Crippen LogP contribution in [0.5, 0.6) is 0 Å². The normalized spacial score (nSPS) is 44.0. The molecule has 1 nitrogen and oxygen atoms in total. The van der Waals surface area contributed by atoms with Gasteiger partial charge in [0.15, 0.2) is 0 Å². The van der Waals surface area contributed by atoms with E-state index in [0.717, 1.165) is 12.3 Å². The van der Waals surface area contributed by atoms with Gasteiger partial charge in [0.05, 0.1) is 0 Å². The summed E-state index contributed by atoms with van der Waals surface area (Å²) in [5.74, 6) is 0.734. The van der Waals surface area contributed by atoms with Crippen molar-refractivity contribution in [3.63, 3.8) is 0 Å². The highest BCUT2D eigenvalue weighted by Crippen LogP contribution is 2.39. The fourth-order valence-electron chi connectivity index (χ4n) is 2.82. The second-order valence-corrected chi connectivity index (χ2v) is 4.58. The van der Waals surface area contributed by atoms with E-state index in [1.54, 1.807) is 0 Å². The third-order valence-corrected chi connectivity index (χ3v) is 3.63. The maximum atomic E-state index is 13.0. The summed E-state index contributed by atoms with van der Waals surface area (Å²) in [6, 6.07) is 0. The number of halogens is 1. The van der Waals surface area contributed by atoms with Crippen molar-refractivity contribution in [2.75, 3.05) is 6.54 Å². The van der Waals surface area contributed by atoms with E-state index in [2.05, 4.69) is 12.2 Å². The molecule has 1 aliphatic carbocycles. The summed E-state index contributed by atoms with van der Waals surface area (Å²) < 4.78 is 13.0. The molecule has 2 aliphatic rings. The zero-order valence-corrected chi connectivity index (χ0v) is 7.78. The molecule has 2 atom stereocenters. The third-order valence-electron chi connectivity index (χ3n) is 3.63. The molecule has 1 heterocycles. The molecule has 0 aromatic carbocycles. The zero-order valence-electron chi connectivity index (χ0n) is 7.78. The Morgan fingerprint density at radius 1 is 1.33 bits per heavy atom. The quantitative estimate of drug-likeness (QED) is 0.638. The van der Waals surface area contributed by atoms with Crippen LogP contribution in [0.3, 0.4) is 0 Å². The molecule has 0 spiro atoms. The van der Waals surface area contributed by atoms with Crippen molar-refractivity contribution in [1.29, 1.82) is 0 Å². The van der Waals surface area contributed by atoms with Crippen molar-refractivity contribution in [2.24, 2.45) is 5.92 Å². The molecule has 0 amide bonds. The van der Waals surface area contributed by atoms with E-state index < -0.39 is 6.17 Å². The monoisotopic (exact) mass is 171 g/mol. The van der Waals surface area contributed by atoms with Crippen LogP contribution in [-0.4, -0.2) is 18.3 Å². The Kier molecular flexibility index (Phi) is 2.11. The van der Waals surface area contributed by atoms with Crippen LogP contribution in [0.4, 0.5) is 4.39 Å². The Morgan fingerprint density at radius 3 is 2.50 bits per heavy atom. The van der Waals surface area contributed by atoms with E-state index >= 15 is 0 Å². The van der Waals surface area contributed by atoms with E-state index in [9.17, 15) is 4.39 Å². The minimum Gasteiger partial charge on any atom is -0.308 e. The van der Waals surface area contributed by atoms with Gasteiger partial charge in [-0.1, -0.05) is 12.8 Å². The molecule has 2 heteroatoms. The average Bonchev–Trinajstić information content (AvgIpc) is 2.59. The second-order valence-electron chi connectivity index (χ2n) is 4.58. The summed E-state index contributed by atoms with van der Waals surface area (Å²) in [4.78, 5) is 0. The summed E-state index contributed by atoms with van der Waals surface area (Å²) in [6.07, 6.45) is 5.43. The summed E-state index contributed by atoms with van der Waals surface area (Å²) in [7, 11) is 0. The molecule has 0 radical (unpaired) electrons. The molecule has 1 N–H and O–H groups in total. The van der Waals surface area contributed by atoms with Crippen LogP contribution in [0, 0.1) is 5.92 Å². The Labute approximate surface area is 73.7 Å². The van der Waals surface area contributed by atoms with E-state index in [0.29, 0.717) is 6.54 Å². The third kappa shape index (κ3) is 1.37. The topological polar surface area (TPSA) is 12.0 Å². The Balaban J connectivity index is 2.00. The van der Waals surface area contributed by atoms with E-state index in [1.807, 2.05) is 0 Å². The van der Waals surface area contributed by atoms with Crippen LogP contribution in [-0.2, 0) is 0 Å². The van der Waals surface area contributed by atoms with Crippen LogP contribution in [0.25, 0.3) is 0 Å². The van der Waals surface area contributed by atoms with E-state index in [4.69, 9.17) is 0 Å². The van der Waals surface area contributed by atoms with Gasteiger partial charge in [0.1, 0.15) is 6.17 Å². The van der Waals surface area contributed by atoms with Gasteiger partial charge in [-0.2, -0.15) is 0 Å². The van der Waals surface area contributed by atoms with E-state index in [-0.39, 0.29) is 5.54 Å². The predicted molar refractivity (Wildman–Crippen MR) is 47.9 cm³/mol. The van der Waals surface area contributed by atoms with Crippen LogP contribution in [0.15, 0.2) is 0 Å². The van der Waals surface area contributed by atoms with Crippen molar-refractivity contribution in [3.8, 4) is 0 Å². The lowest BCUT2D eigenvalue weighted by Gasteiger charge is -2.31. The minimum absolute atomic E-state index is 0.121. The highest BCUT2D eigenvalue weighted by Gasteiger charge is 2.41. The van der Waals surface area contributed by atoms with Gasteiger partial charge in [0.25, 0.3) is 0 Å². The lowest BCUT2D eigenvalue weighted by atomic mass is 9.83. The fourth-order valence-corrected chi connectivity index (χ4v) is 2.82. The average molecular weight is 171 g/mol. The first-order chi connectivity index (χ1) is 5.71. The minimum atomic E-state index is -0.601. The van der Waals surface area contributed by atoms with Gasteiger partial charge in [-0.15, -0.1) is 0 Å². The van der Waals surface area contributed by atoms with Gasteiger partial charge in [-0.05, 0) is 32.1 Å². The lowest BCUT2D eigenvalue weighted by molar-refractivity contribution is 0.246. The van der Waals surface area contributed by atoms with Crippen LogP contribution in [0.2, 0.25) is 0 Å². The number of hydrogen-bond acceptors (Lipinski definition) is 1. The van der Waals surface area contributed by atoms with Crippen LogP contribution >= 0.6 is 0 Å². The SMILES string of the molecule is CC1(C2CCCC2)CC(F)CN1. The van der Waals surface area contributed by atoms with Gasteiger partial charge >= 0.3 is 0 Å². The molecule has 12 heavy (non-hydrogen) atoms. The summed E-state index contributed by atoms with van der Waals surface area (Å²) >= 11 is 0. The molecule has 2 fully saturated rings. The lowest BCUT2D eigenvalue weighted by Crippen LogP contribution is -2.42.